The highest BCUT2D eigenvalue weighted by Gasteiger charge is 2.28. The van der Waals surface area contributed by atoms with Crippen molar-refractivity contribution in [1.29, 1.82) is 0 Å². The number of aryl methyl sites for hydroxylation is 1. The van der Waals surface area contributed by atoms with Gasteiger partial charge in [-0.05, 0) is 36.7 Å². The van der Waals surface area contributed by atoms with Gasteiger partial charge in [0.15, 0.2) is 0 Å². The summed E-state index contributed by atoms with van der Waals surface area (Å²) < 4.78 is 0.890. The summed E-state index contributed by atoms with van der Waals surface area (Å²) in [6, 6.07) is 10.9. The van der Waals surface area contributed by atoms with Crippen molar-refractivity contribution in [3.63, 3.8) is 0 Å². The molecule has 0 bridgehead atoms. The highest BCUT2D eigenvalue weighted by Crippen LogP contribution is 2.43. The molecule has 0 saturated heterocycles. The van der Waals surface area contributed by atoms with Crippen molar-refractivity contribution in [3.8, 4) is 10.4 Å². The predicted molar refractivity (Wildman–Crippen MR) is 99.8 cm³/mol. The molecule has 0 spiro atoms. The highest BCUT2D eigenvalue weighted by atomic mass is 35.5. The number of nitrogens with zero attached hydrogens (tertiary/aromatic N) is 2. The van der Waals surface area contributed by atoms with Crippen LogP contribution in [0.1, 0.15) is 26.9 Å². The first-order chi connectivity index (χ1) is 11.1. The van der Waals surface area contributed by atoms with Gasteiger partial charge in [0.2, 0.25) is 0 Å². The van der Waals surface area contributed by atoms with Crippen LogP contribution in [0.4, 0.5) is 0 Å². The third kappa shape index (κ3) is 2.85. The smallest absolute Gasteiger partial charge is 0.0934 e. The van der Waals surface area contributed by atoms with Gasteiger partial charge in [-0.15, -0.1) is 22.7 Å². The molecule has 0 fully saturated rings. The van der Waals surface area contributed by atoms with Gasteiger partial charge in [-0.25, -0.2) is 4.98 Å². The SMILES string of the molecule is Cc1ncc(-c2ccccc2C2CN(C)Cc3sc(Cl)cc32)s1. The van der Waals surface area contributed by atoms with E-state index < -0.39 is 0 Å². The Morgan fingerprint density at radius 3 is 2.83 bits per heavy atom. The standard InChI is InChI=1S/C18H17ClN2S2/c1-11-20-8-16(22-11)13-6-4-3-5-12(13)15-9-21(2)10-17-14(15)7-18(19)23-17/h3-8,15H,9-10H2,1-2H3. The number of thiophene rings is 1. The van der Waals surface area contributed by atoms with Crippen LogP contribution in [-0.4, -0.2) is 23.5 Å². The molecule has 0 N–H and O–H groups in total. The first-order valence-corrected chi connectivity index (χ1v) is 9.61. The van der Waals surface area contributed by atoms with E-state index >= 15 is 0 Å². The van der Waals surface area contributed by atoms with E-state index in [1.165, 1.54) is 26.4 Å². The van der Waals surface area contributed by atoms with Crippen LogP contribution in [0.2, 0.25) is 4.34 Å². The summed E-state index contributed by atoms with van der Waals surface area (Å²) in [5.74, 6) is 0.367. The summed E-state index contributed by atoms with van der Waals surface area (Å²) in [6.45, 7) is 4.07. The molecule has 2 nitrogen and oxygen atoms in total. The summed E-state index contributed by atoms with van der Waals surface area (Å²) >= 11 is 9.77. The average molecular weight is 361 g/mol. The molecule has 2 aromatic heterocycles. The molecule has 0 radical (unpaired) electrons. The summed E-state index contributed by atoms with van der Waals surface area (Å²) in [5, 5.41) is 1.11. The number of aromatic nitrogens is 1. The molecule has 3 aromatic rings. The van der Waals surface area contributed by atoms with Crippen LogP contribution in [0.5, 0.6) is 0 Å². The van der Waals surface area contributed by atoms with Gasteiger partial charge in [0.25, 0.3) is 0 Å². The van der Waals surface area contributed by atoms with Crippen molar-refractivity contribution >= 4 is 34.3 Å². The minimum Gasteiger partial charge on any atom is -0.300 e. The van der Waals surface area contributed by atoms with E-state index in [-0.39, 0.29) is 0 Å². The molecular formula is C18H17ClN2S2. The number of rotatable bonds is 2. The van der Waals surface area contributed by atoms with E-state index in [0.717, 1.165) is 22.4 Å². The number of halogens is 1. The van der Waals surface area contributed by atoms with Crippen molar-refractivity contribution in [3.05, 3.63) is 61.9 Å². The lowest BCUT2D eigenvalue weighted by atomic mass is 9.85. The Hall–Kier alpha value is -1.20. The lowest BCUT2D eigenvalue weighted by molar-refractivity contribution is 0.299. The number of benzene rings is 1. The van der Waals surface area contributed by atoms with Gasteiger partial charge in [-0.3, -0.25) is 0 Å². The van der Waals surface area contributed by atoms with E-state index in [2.05, 4.69) is 54.2 Å². The van der Waals surface area contributed by atoms with Crippen LogP contribution >= 0.6 is 34.3 Å². The third-order valence-electron chi connectivity index (χ3n) is 4.32. The minimum absolute atomic E-state index is 0.367. The van der Waals surface area contributed by atoms with Gasteiger partial charge in [0.1, 0.15) is 0 Å². The van der Waals surface area contributed by atoms with E-state index in [4.69, 9.17) is 11.6 Å². The second kappa shape index (κ2) is 6.02. The quantitative estimate of drug-likeness (QED) is 0.607. The Morgan fingerprint density at radius 1 is 1.22 bits per heavy atom. The molecule has 118 valence electrons. The number of likely N-dealkylation sites (N-methyl/N-ethyl adjacent to an activating group) is 1. The van der Waals surface area contributed by atoms with Crippen LogP contribution in [0, 0.1) is 6.92 Å². The van der Waals surface area contributed by atoms with Crippen LogP contribution in [0.25, 0.3) is 10.4 Å². The fourth-order valence-corrected chi connectivity index (χ4v) is 5.57. The van der Waals surface area contributed by atoms with E-state index in [1.54, 1.807) is 22.7 Å². The minimum atomic E-state index is 0.367. The van der Waals surface area contributed by atoms with Gasteiger partial charge in [0.05, 0.1) is 14.2 Å². The van der Waals surface area contributed by atoms with E-state index in [1.807, 2.05) is 6.20 Å². The van der Waals surface area contributed by atoms with Crippen molar-refractivity contribution in [2.75, 3.05) is 13.6 Å². The van der Waals surface area contributed by atoms with Gasteiger partial charge in [-0.2, -0.15) is 0 Å². The molecule has 1 aliphatic rings. The van der Waals surface area contributed by atoms with E-state index in [9.17, 15) is 0 Å². The first kappa shape index (κ1) is 15.3. The van der Waals surface area contributed by atoms with Crippen LogP contribution < -0.4 is 0 Å². The number of hydrogen-bond acceptors (Lipinski definition) is 4. The Kier molecular flexibility index (Phi) is 4.01. The second-order valence-electron chi connectivity index (χ2n) is 6.01. The molecule has 1 aliphatic heterocycles. The molecule has 0 amide bonds. The van der Waals surface area contributed by atoms with E-state index in [0.29, 0.717) is 5.92 Å². The van der Waals surface area contributed by atoms with Crippen molar-refractivity contribution in [2.45, 2.75) is 19.4 Å². The average Bonchev–Trinajstić information content (AvgIpc) is 3.11. The van der Waals surface area contributed by atoms with Crippen LogP contribution in [0.3, 0.4) is 0 Å². The molecule has 23 heavy (non-hydrogen) atoms. The van der Waals surface area contributed by atoms with Gasteiger partial charge in [0, 0.05) is 30.1 Å². The molecule has 5 heteroatoms. The maximum absolute atomic E-state index is 6.30. The molecule has 0 saturated carbocycles. The Balaban J connectivity index is 1.85. The molecule has 1 aromatic carbocycles. The zero-order valence-electron chi connectivity index (χ0n) is 13.0. The Morgan fingerprint density at radius 2 is 2.04 bits per heavy atom. The summed E-state index contributed by atoms with van der Waals surface area (Å²) in [5.41, 5.74) is 4.07. The zero-order chi connectivity index (χ0) is 16.0. The fourth-order valence-electron chi connectivity index (χ4n) is 3.32. The zero-order valence-corrected chi connectivity index (χ0v) is 15.4. The summed E-state index contributed by atoms with van der Waals surface area (Å²) in [7, 11) is 2.18. The fraction of sp³-hybridized carbons (Fsp3) is 0.278. The van der Waals surface area contributed by atoms with Gasteiger partial charge >= 0.3 is 0 Å². The van der Waals surface area contributed by atoms with Gasteiger partial charge < -0.3 is 4.90 Å². The maximum atomic E-state index is 6.30. The third-order valence-corrected chi connectivity index (χ3v) is 6.53. The maximum Gasteiger partial charge on any atom is 0.0934 e. The normalized spacial score (nSPS) is 18.1. The molecule has 4 rings (SSSR count). The van der Waals surface area contributed by atoms with Crippen LogP contribution in [0.15, 0.2) is 36.5 Å². The lowest BCUT2D eigenvalue weighted by Crippen LogP contribution is -2.30. The molecule has 1 atom stereocenters. The number of fused-ring (bicyclic) bond motifs is 1. The largest absolute Gasteiger partial charge is 0.300 e. The number of thiazole rings is 1. The Labute approximate surface area is 149 Å². The molecular weight excluding hydrogens is 344 g/mol. The molecule has 3 heterocycles. The van der Waals surface area contributed by atoms with Crippen molar-refractivity contribution in [2.24, 2.45) is 0 Å². The van der Waals surface area contributed by atoms with Crippen molar-refractivity contribution in [1.82, 2.24) is 9.88 Å². The lowest BCUT2D eigenvalue weighted by Gasteiger charge is -2.31. The molecule has 0 aliphatic carbocycles. The van der Waals surface area contributed by atoms with Crippen LogP contribution in [-0.2, 0) is 6.54 Å². The predicted octanol–water partition coefficient (Wildman–Crippen LogP) is 5.41. The first-order valence-electron chi connectivity index (χ1n) is 7.60. The summed E-state index contributed by atoms with van der Waals surface area (Å²) in [4.78, 5) is 9.45. The summed E-state index contributed by atoms with van der Waals surface area (Å²) in [6.07, 6.45) is 1.99. The molecule has 1 unspecified atom stereocenters. The number of hydrogen-bond donors (Lipinski definition) is 0. The highest BCUT2D eigenvalue weighted by molar-refractivity contribution is 7.16. The van der Waals surface area contributed by atoms with Crippen molar-refractivity contribution < 1.29 is 0 Å². The second-order valence-corrected chi connectivity index (χ2v) is 9.01. The monoisotopic (exact) mass is 360 g/mol. The van der Waals surface area contributed by atoms with Gasteiger partial charge in [-0.1, -0.05) is 35.9 Å². The Bertz CT molecular complexity index is 852. The topological polar surface area (TPSA) is 16.1 Å².